The molecule has 102 valence electrons. The Balaban J connectivity index is 2.02. The molecule has 0 saturated heterocycles. The van der Waals surface area contributed by atoms with E-state index < -0.39 is 0 Å². The maximum atomic E-state index is 5.98. The minimum absolute atomic E-state index is 0.612. The van der Waals surface area contributed by atoms with Crippen LogP contribution in [0.25, 0.3) is 31.8 Å². The molecule has 0 radical (unpaired) electrons. The average Bonchev–Trinajstić information content (AvgIpc) is 3.15. The summed E-state index contributed by atoms with van der Waals surface area (Å²) in [4.78, 5) is 6.85. The predicted molar refractivity (Wildman–Crippen MR) is 92.8 cm³/mol. The summed E-state index contributed by atoms with van der Waals surface area (Å²) >= 11 is 3.25. The lowest BCUT2D eigenvalue weighted by Crippen LogP contribution is -1.83. The molecule has 0 spiro atoms. The van der Waals surface area contributed by atoms with Gasteiger partial charge in [-0.1, -0.05) is 59.9 Å². The minimum Gasteiger partial charge on any atom is -0.375 e. The van der Waals surface area contributed by atoms with Gasteiger partial charge in [0.05, 0.1) is 9.75 Å². The number of rotatable bonds is 2. The van der Waals surface area contributed by atoms with E-state index in [4.69, 9.17) is 5.73 Å². The van der Waals surface area contributed by atoms with Crippen molar-refractivity contribution in [3.8, 4) is 21.0 Å². The average molecular weight is 308 g/mol. The standard InChI is InChI=1S/C17H12N2S2/c18-17-19-15(14-9-4-10-20-14)16(21-17)13-8-3-6-11-5-1-2-7-12(11)13/h1-10H,(H2,18,19). The Bertz CT molecular complexity index is 902. The van der Waals surface area contributed by atoms with Crippen molar-refractivity contribution in [2.24, 2.45) is 0 Å². The number of hydrogen-bond donors (Lipinski definition) is 1. The number of nitrogen functional groups attached to an aromatic ring is 1. The fraction of sp³-hybridized carbons (Fsp3) is 0. The lowest BCUT2D eigenvalue weighted by Gasteiger charge is -2.05. The van der Waals surface area contributed by atoms with Crippen molar-refractivity contribution in [1.29, 1.82) is 0 Å². The van der Waals surface area contributed by atoms with Crippen LogP contribution in [-0.2, 0) is 0 Å². The summed E-state index contributed by atoms with van der Waals surface area (Å²) in [7, 11) is 0. The third kappa shape index (κ3) is 2.13. The lowest BCUT2D eigenvalue weighted by atomic mass is 10.0. The zero-order valence-corrected chi connectivity index (χ0v) is 12.7. The van der Waals surface area contributed by atoms with Crippen molar-refractivity contribution in [3.05, 3.63) is 60.0 Å². The molecular weight excluding hydrogens is 296 g/mol. The van der Waals surface area contributed by atoms with E-state index in [-0.39, 0.29) is 0 Å². The highest BCUT2D eigenvalue weighted by molar-refractivity contribution is 7.20. The van der Waals surface area contributed by atoms with Crippen LogP contribution < -0.4 is 5.73 Å². The van der Waals surface area contributed by atoms with Gasteiger partial charge in [0.25, 0.3) is 0 Å². The summed E-state index contributed by atoms with van der Waals surface area (Å²) in [5.41, 5.74) is 8.17. The molecule has 0 atom stereocenters. The Labute approximate surface area is 130 Å². The quantitative estimate of drug-likeness (QED) is 0.547. The fourth-order valence-electron chi connectivity index (χ4n) is 2.52. The molecule has 4 aromatic rings. The molecule has 0 bridgehead atoms. The maximum absolute atomic E-state index is 5.98. The van der Waals surface area contributed by atoms with Crippen LogP contribution in [0.5, 0.6) is 0 Å². The first-order chi connectivity index (χ1) is 10.3. The largest absolute Gasteiger partial charge is 0.375 e. The number of nitrogens with two attached hydrogens (primary N) is 1. The summed E-state index contributed by atoms with van der Waals surface area (Å²) < 4.78 is 0. The zero-order valence-electron chi connectivity index (χ0n) is 11.1. The number of aromatic nitrogens is 1. The van der Waals surface area contributed by atoms with Crippen LogP contribution in [0, 0.1) is 0 Å². The second kappa shape index (κ2) is 4.98. The normalized spacial score (nSPS) is 11.0. The molecule has 2 aromatic heterocycles. The van der Waals surface area contributed by atoms with E-state index >= 15 is 0 Å². The second-order valence-electron chi connectivity index (χ2n) is 4.73. The van der Waals surface area contributed by atoms with E-state index in [1.165, 1.54) is 16.3 Å². The Morgan fingerprint density at radius 2 is 1.76 bits per heavy atom. The van der Waals surface area contributed by atoms with Gasteiger partial charge < -0.3 is 5.73 Å². The minimum atomic E-state index is 0.612. The van der Waals surface area contributed by atoms with Gasteiger partial charge in [0.15, 0.2) is 5.13 Å². The van der Waals surface area contributed by atoms with Crippen LogP contribution in [0.4, 0.5) is 5.13 Å². The van der Waals surface area contributed by atoms with Crippen LogP contribution in [0.3, 0.4) is 0 Å². The van der Waals surface area contributed by atoms with E-state index in [2.05, 4.69) is 58.9 Å². The van der Waals surface area contributed by atoms with Gasteiger partial charge in [0, 0.05) is 5.56 Å². The predicted octanol–water partition coefficient (Wildman–Crippen LogP) is 5.27. The van der Waals surface area contributed by atoms with Gasteiger partial charge in [-0.25, -0.2) is 4.98 Å². The van der Waals surface area contributed by atoms with Gasteiger partial charge in [0.2, 0.25) is 0 Å². The van der Waals surface area contributed by atoms with Gasteiger partial charge in [0.1, 0.15) is 5.69 Å². The van der Waals surface area contributed by atoms with E-state index in [1.807, 2.05) is 6.07 Å². The number of thiophene rings is 1. The van der Waals surface area contributed by atoms with Crippen molar-refractivity contribution in [2.75, 3.05) is 5.73 Å². The van der Waals surface area contributed by atoms with Crippen LogP contribution in [-0.4, -0.2) is 4.98 Å². The summed E-state index contributed by atoms with van der Waals surface area (Å²) in [6, 6.07) is 18.9. The fourth-order valence-corrected chi connectivity index (χ4v) is 4.19. The molecule has 0 saturated carbocycles. The van der Waals surface area contributed by atoms with Crippen molar-refractivity contribution < 1.29 is 0 Å². The van der Waals surface area contributed by atoms with E-state index in [0.717, 1.165) is 15.4 Å². The molecule has 0 fully saturated rings. The number of anilines is 1. The molecular formula is C17H12N2S2. The molecule has 0 aliphatic heterocycles. The monoisotopic (exact) mass is 308 g/mol. The topological polar surface area (TPSA) is 38.9 Å². The molecule has 2 nitrogen and oxygen atoms in total. The van der Waals surface area contributed by atoms with Gasteiger partial charge in [-0.3, -0.25) is 0 Å². The highest BCUT2D eigenvalue weighted by atomic mass is 32.1. The SMILES string of the molecule is Nc1nc(-c2cccs2)c(-c2cccc3ccccc23)s1. The van der Waals surface area contributed by atoms with Crippen molar-refractivity contribution >= 4 is 38.6 Å². The molecule has 0 aliphatic rings. The molecule has 2 aromatic carbocycles. The smallest absolute Gasteiger partial charge is 0.181 e. The zero-order chi connectivity index (χ0) is 14.2. The number of hydrogen-bond acceptors (Lipinski definition) is 4. The molecule has 21 heavy (non-hydrogen) atoms. The van der Waals surface area contributed by atoms with Crippen molar-refractivity contribution in [3.63, 3.8) is 0 Å². The van der Waals surface area contributed by atoms with Crippen molar-refractivity contribution in [2.45, 2.75) is 0 Å². The van der Waals surface area contributed by atoms with Crippen molar-refractivity contribution in [1.82, 2.24) is 4.98 Å². The summed E-state index contributed by atoms with van der Waals surface area (Å²) in [5.74, 6) is 0. The molecule has 0 amide bonds. The van der Waals surface area contributed by atoms with Gasteiger partial charge in [-0.15, -0.1) is 11.3 Å². The highest BCUT2D eigenvalue weighted by Crippen LogP contribution is 2.42. The summed E-state index contributed by atoms with van der Waals surface area (Å²) in [6.45, 7) is 0. The molecule has 0 aliphatic carbocycles. The first kappa shape index (κ1) is 12.6. The van der Waals surface area contributed by atoms with Gasteiger partial charge in [-0.05, 0) is 22.2 Å². The Kier molecular flexibility index (Phi) is 2.98. The van der Waals surface area contributed by atoms with Crippen LogP contribution in [0.1, 0.15) is 0 Å². The Morgan fingerprint density at radius 1 is 0.905 bits per heavy atom. The first-order valence-electron chi connectivity index (χ1n) is 6.61. The second-order valence-corrected chi connectivity index (χ2v) is 6.71. The van der Waals surface area contributed by atoms with Crippen LogP contribution in [0.15, 0.2) is 60.0 Å². The third-order valence-electron chi connectivity index (χ3n) is 3.43. The summed E-state index contributed by atoms with van der Waals surface area (Å²) in [6.07, 6.45) is 0. The van der Waals surface area contributed by atoms with Crippen LogP contribution in [0.2, 0.25) is 0 Å². The number of nitrogens with zero attached hydrogens (tertiary/aromatic N) is 1. The van der Waals surface area contributed by atoms with Gasteiger partial charge in [-0.2, -0.15) is 0 Å². The molecule has 4 heteroatoms. The maximum Gasteiger partial charge on any atom is 0.181 e. The van der Waals surface area contributed by atoms with E-state index in [1.54, 1.807) is 22.7 Å². The number of fused-ring (bicyclic) bond motifs is 1. The number of thiazole rings is 1. The van der Waals surface area contributed by atoms with E-state index in [9.17, 15) is 0 Å². The molecule has 0 unspecified atom stereocenters. The Morgan fingerprint density at radius 3 is 2.62 bits per heavy atom. The molecule has 4 rings (SSSR count). The Hall–Kier alpha value is -2.17. The highest BCUT2D eigenvalue weighted by Gasteiger charge is 2.16. The van der Waals surface area contributed by atoms with Crippen LogP contribution >= 0.6 is 22.7 Å². The number of benzene rings is 2. The third-order valence-corrected chi connectivity index (χ3v) is 5.23. The molecule has 2 heterocycles. The summed E-state index contributed by atoms with van der Waals surface area (Å²) in [5, 5.41) is 5.15. The molecule has 2 N–H and O–H groups in total. The first-order valence-corrected chi connectivity index (χ1v) is 8.31. The van der Waals surface area contributed by atoms with E-state index in [0.29, 0.717) is 5.13 Å². The lowest BCUT2D eigenvalue weighted by molar-refractivity contribution is 1.43. The van der Waals surface area contributed by atoms with Gasteiger partial charge >= 0.3 is 0 Å².